The fourth-order valence-corrected chi connectivity index (χ4v) is 14.4. The topological polar surface area (TPSA) is 0 Å². The van der Waals surface area contributed by atoms with Crippen molar-refractivity contribution in [2.75, 3.05) is 0 Å². The van der Waals surface area contributed by atoms with E-state index in [0.29, 0.717) is 0 Å². The van der Waals surface area contributed by atoms with Gasteiger partial charge in [-0.1, -0.05) is 0 Å². The summed E-state index contributed by atoms with van der Waals surface area (Å²) in [5.41, 5.74) is 2.92. The number of rotatable bonds is 7. The van der Waals surface area contributed by atoms with Crippen LogP contribution in [0.4, 0.5) is 0 Å². The van der Waals surface area contributed by atoms with Gasteiger partial charge in [-0.15, -0.1) is 0 Å². The molecule has 0 atom stereocenters. The van der Waals surface area contributed by atoms with Crippen molar-refractivity contribution in [1.29, 1.82) is 0 Å². The molecule has 0 heterocycles. The minimum absolute atomic E-state index is 0.211. The Morgan fingerprint density at radius 1 is 0.459 bits per heavy atom. The molecule has 0 saturated heterocycles. The molecule has 0 radical (unpaired) electrons. The molecule has 4 aromatic rings. The van der Waals surface area contributed by atoms with E-state index in [0.717, 1.165) is 0 Å². The van der Waals surface area contributed by atoms with Crippen LogP contribution in [-0.4, -0.2) is 11.3 Å². The van der Waals surface area contributed by atoms with Gasteiger partial charge in [-0.2, -0.15) is 0 Å². The summed E-state index contributed by atoms with van der Waals surface area (Å²) < 4.78 is 0. The van der Waals surface area contributed by atoms with Crippen LogP contribution in [0.3, 0.4) is 0 Å². The van der Waals surface area contributed by atoms with Gasteiger partial charge >= 0.3 is 221 Å². The zero-order chi connectivity index (χ0) is 25.0. The summed E-state index contributed by atoms with van der Waals surface area (Å²) in [4.78, 5) is 0. The summed E-state index contributed by atoms with van der Waals surface area (Å²) in [6, 6.07) is 44.6. The predicted octanol–water partition coefficient (Wildman–Crippen LogP) is 8.38. The van der Waals surface area contributed by atoms with E-state index in [1.54, 1.807) is 0 Å². The van der Waals surface area contributed by atoms with Gasteiger partial charge in [0.2, 0.25) is 0 Å². The summed E-state index contributed by atoms with van der Waals surface area (Å²) in [5.74, 6) is 0. The van der Waals surface area contributed by atoms with Crippen molar-refractivity contribution in [1.82, 2.24) is 0 Å². The summed E-state index contributed by atoms with van der Waals surface area (Å²) in [6.45, 7) is -3.31. The van der Waals surface area contributed by atoms with Gasteiger partial charge < -0.3 is 0 Å². The molecule has 0 spiro atoms. The second kappa shape index (κ2) is 9.81. The van der Waals surface area contributed by atoms with E-state index < -0.39 is 6.60 Å². The second-order valence-corrected chi connectivity index (χ2v) is 15.0. The standard InChI is InChI=1S/C36H31P/c1-5-17-30(18-6-1)29-36(31-19-7-2-8-20-31)37(34-25-13-14-26-34,35-27-15-16-28-35,32-21-9-3-10-22-32)33-23-11-4-12-24-33/h1-29,34-35H. The predicted molar refractivity (Wildman–Crippen MR) is 164 cm³/mol. The molecule has 2 aliphatic rings. The molecule has 1 heteroatoms. The van der Waals surface area contributed by atoms with E-state index in [1.807, 2.05) is 0 Å². The molecule has 0 aromatic heterocycles. The van der Waals surface area contributed by atoms with E-state index in [-0.39, 0.29) is 11.3 Å². The SMILES string of the molecule is C1=CC(P(C(=Cc2ccccc2)c2ccccc2)(c2ccccc2)(c2ccccc2)C2C=CC=C2)C=C1. The summed E-state index contributed by atoms with van der Waals surface area (Å²) in [7, 11) is 0. The molecular formula is C36H31P. The van der Waals surface area contributed by atoms with Crippen LogP contribution < -0.4 is 10.6 Å². The Labute approximate surface area is 220 Å². The molecule has 0 N–H and O–H groups in total. The van der Waals surface area contributed by atoms with Gasteiger partial charge in [0.15, 0.2) is 0 Å². The number of allylic oxidation sites excluding steroid dienone is 8. The van der Waals surface area contributed by atoms with Crippen molar-refractivity contribution < 1.29 is 0 Å². The molecule has 0 amide bonds. The second-order valence-electron chi connectivity index (χ2n) is 9.76. The summed E-state index contributed by atoms with van der Waals surface area (Å²) in [5, 5.41) is 4.24. The number of benzene rings is 4. The van der Waals surface area contributed by atoms with Crippen LogP contribution in [0.2, 0.25) is 0 Å². The zero-order valence-electron chi connectivity index (χ0n) is 20.8. The van der Waals surface area contributed by atoms with Crippen LogP contribution >= 0.6 is 6.60 Å². The van der Waals surface area contributed by atoms with Gasteiger partial charge in [0, 0.05) is 0 Å². The van der Waals surface area contributed by atoms with Crippen LogP contribution in [0.15, 0.2) is 170 Å². The first-order valence-corrected chi connectivity index (χ1v) is 15.4. The quantitative estimate of drug-likeness (QED) is 0.179. The van der Waals surface area contributed by atoms with Gasteiger partial charge in [-0.05, 0) is 0 Å². The Hall–Kier alpha value is -3.99. The zero-order valence-corrected chi connectivity index (χ0v) is 21.7. The molecule has 0 fully saturated rings. The Morgan fingerprint density at radius 2 is 0.838 bits per heavy atom. The van der Waals surface area contributed by atoms with Gasteiger partial charge in [0.05, 0.1) is 0 Å². The van der Waals surface area contributed by atoms with Crippen molar-refractivity contribution in [3.63, 3.8) is 0 Å². The monoisotopic (exact) mass is 494 g/mol. The van der Waals surface area contributed by atoms with E-state index in [2.05, 4.69) is 176 Å². The first-order valence-electron chi connectivity index (χ1n) is 13.0. The van der Waals surface area contributed by atoms with E-state index in [9.17, 15) is 0 Å². The van der Waals surface area contributed by atoms with E-state index in [1.165, 1.54) is 27.1 Å². The Balaban J connectivity index is 1.89. The molecule has 6 rings (SSSR count). The maximum absolute atomic E-state index is 3.31. The third-order valence-corrected chi connectivity index (χ3v) is 15.4. The summed E-state index contributed by atoms with van der Waals surface area (Å²) in [6.07, 6.45) is 21.2. The molecule has 37 heavy (non-hydrogen) atoms. The Morgan fingerprint density at radius 3 is 1.27 bits per heavy atom. The first-order chi connectivity index (χ1) is 18.3. The van der Waals surface area contributed by atoms with Crippen molar-refractivity contribution >= 4 is 28.6 Å². The molecule has 0 saturated carbocycles. The van der Waals surface area contributed by atoms with E-state index >= 15 is 0 Å². The van der Waals surface area contributed by atoms with E-state index in [4.69, 9.17) is 0 Å². The van der Waals surface area contributed by atoms with Crippen LogP contribution in [0.5, 0.6) is 0 Å². The molecule has 0 aliphatic heterocycles. The van der Waals surface area contributed by atoms with Crippen molar-refractivity contribution in [3.05, 3.63) is 181 Å². The molecule has 0 nitrogen and oxygen atoms in total. The van der Waals surface area contributed by atoms with Crippen molar-refractivity contribution in [2.24, 2.45) is 0 Å². The third-order valence-electron chi connectivity index (χ3n) is 8.01. The average Bonchev–Trinajstić information content (AvgIpc) is 3.72. The number of hydrogen-bond donors (Lipinski definition) is 0. The van der Waals surface area contributed by atoms with Gasteiger partial charge in [-0.3, -0.25) is 0 Å². The Bertz CT molecular complexity index is 1410. The van der Waals surface area contributed by atoms with Crippen LogP contribution in [0.1, 0.15) is 11.1 Å². The van der Waals surface area contributed by atoms with Gasteiger partial charge in [-0.25, -0.2) is 0 Å². The van der Waals surface area contributed by atoms with Crippen LogP contribution in [-0.2, 0) is 0 Å². The van der Waals surface area contributed by atoms with Gasteiger partial charge in [0.1, 0.15) is 0 Å². The molecule has 0 bridgehead atoms. The summed E-state index contributed by atoms with van der Waals surface area (Å²) >= 11 is 0. The average molecular weight is 495 g/mol. The number of hydrogen-bond acceptors (Lipinski definition) is 0. The van der Waals surface area contributed by atoms with Crippen LogP contribution in [0.25, 0.3) is 11.4 Å². The third kappa shape index (κ3) is 3.56. The molecule has 0 unspecified atom stereocenters. The van der Waals surface area contributed by atoms with Crippen molar-refractivity contribution in [3.8, 4) is 0 Å². The molecule has 4 aromatic carbocycles. The van der Waals surface area contributed by atoms with Gasteiger partial charge in [0.25, 0.3) is 0 Å². The maximum atomic E-state index is 2.48. The Kier molecular flexibility index (Phi) is 6.21. The molecule has 2 aliphatic carbocycles. The molecule has 180 valence electrons. The van der Waals surface area contributed by atoms with Crippen LogP contribution in [0, 0.1) is 0 Å². The van der Waals surface area contributed by atoms with Crippen molar-refractivity contribution in [2.45, 2.75) is 11.3 Å². The minimum atomic E-state index is -3.31. The first kappa shape index (κ1) is 23.4. The normalized spacial score (nSPS) is 16.8. The fraction of sp³-hybridized carbons (Fsp3) is 0.0556. The fourth-order valence-electron chi connectivity index (χ4n) is 6.51. The molecular weight excluding hydrogens is 463 g/mol.